The number of pyridine rings is 1. The monoisotopic (exact) mass is 366 g/mol. The van der Waals surface area contributed by atoms with Gasteiger partial charge in [0, 0.05) is 62.6 Å². The van der Waals surface area contributed by atoms with Gasteiger partial charge >= 0.3 is 0 Å². The van der Waals surface area contributed by atoms with Crippen LogP contribution in [0.3, 0.4) is 0 Å². The zero-order valence-corrected chi connectivity index (χ0v) is 16.5. The Bertz CT molecular complexity index is 951. The summed E-state index contributed by atoms with van der Waals surface area (Å²) in [7, 11) is 3.73. The van der Waals surface area contributed by atoms with Crippen LogP contribution in [0.25, 0.3) is 5.82 Å². The normalized spacial score (nSPS) is 11.7. The molecule has 0 aliphatic carbocycles. The van der Waals surface area contributed by atoms with Crippen LogP contribution in [0.1, 0.15) is 28.3 Å². The van der Waals surface area contributed by atoms with Crippen LogP contribution < -0.4 is 10.6 Å². The highest BCUT2D eigenvalue weighted by Crippen LogP contribution is 2.13. The molecule has 0 saturated heterocycles. The van der Waals surface area contributed by atoms with Crippen molar-refractivity contribution in [2.75, 3.05) is 7.05 Å². The summed E-state index contributed by atoms with van der Waals surface area (Å²) >= 11 is 0. The lowest BCUT2D eigenvalue weighted by atomic mass is 10.2. The van der Waals surface area contributed by atoms with Gasteiger partial charge in [0.05, 0.1) is 5.69 Å². The molecule has 27 heavy (non-hydrogen) atoms. The van der Waals surface area contributed by atoms with E-state index < -0.39 is 0 Å². The Balaban J connectivity index is 1.68. The molecule has 142 valence electrons. The van der Waals surface area contributed by atoms with Crippen molar-refractivity contribution in [1.29, 1.82) is 0 Å². The summed E-state index contributed by atoms with van der Waals surface area (Å²) in [5.41, 5.74) is 4.44. The van der Waals surface area contributed by atoms with Gasteiger partial charge in [0.15, 0.2) is 5.96 Å². The van der Waals surface area contributed by atoms with E-state index in [4.69, 9.17) is 0 Å². The van der Waals surface area contributed by atoms with E-state index in [-0.39, 0.29) is 0 Å². The molecule has 0 unspecified atom stereocenters. The number of imidazole rings is 1. The van der Waals surface area contributed by atoms with Crippen LogP contribution in [0, 0.1) is 20.8 Å². The second kappa shape index (κ2) is 8.03. The Kier molecular flexibility index (Phi) is 5.54. The van der Waals surface area contributed by atoms with Crippen LogP contribution in [0.4, 0.5) is 0 Å². The Morgan fingerprint density at radius 3 is 2.52 bits per heavy atom. The summed E-state index contributed by atoms with van der Waals surface area (Å²) in [5, 5.41) is 11.2. The van der Waals surface area contributed by atoms with Gasteiger partial charge in [-0.15, -0.1) is 0 Å². The fourth-order valence-corrected chi connectivity index (χ4v) is 3.03. The van der Waals surface area contributed by atoms with E-state index in [0.29, 0.717) is 13.1 Å². The van der Waals surface area contributed by atoms with Crippen molar-refractivity contribution in [3.63, 3.8) is 0 Å². The molecule has 0 aliphatic rings. The van der Waals surface area contributed by atoms with E-state index in [1.54, 1.807) is 19.4 Å². The van der Waals surface area contributed by atoms with Crippen molar-refractivity contribution in [2.24, 2.45) is 12.0 Å². The maximum absolute atomic E-state index is 4.52. The van der Waals surface area contributed by atoms with Gasteiger partial charge in [0.1, 0.15) is 11.6 Å². The Hall–Kier alpha value is -3.16. The Morgan fingerprint density at radius 2 is 1.89 bits per heavy atom. The molecule has 3 aromatic heterocycles. The predicted molar refractivity (Wildman–Crippen MR) is 106 cm³/mol. The molecule has 0 aromatic carbocycles. The summed E-state index contributed by atoms with van der Waals surface area (Å²) < 4.78 is 3.88. The average molecular weight is 366 g/mol. The number of aromatic nitrogens is 5. The maximum atomic E-state index is 4.52. The summed E-state index contributed by atoms with van der Waals surface area (Å²) in [6.45, 7) is 7.33. The first-order valence-electron chi connectivity index (χ1n) is 8.89. The molecule has 0 aliphatic heterocycles. The highest BCUT2D eigenvalue weighted by Gasteiger charge is 2.11. The van der Waals surface area contributed by atoms with Gasteiger partial charge in [-0.3, -0.25) is 14.2 Å². The number of nitrogens with zero attached hydrogens (tertiary/aromatic N) is 6. The van der Waals surface area contributed by atoms with Crippen molar-refractivity contribution >= 4 is 5.96 Å². The minimum atomic E-state index is 0.603. The van der Waals surface area contributed by atoms with E-state index in [1.165, 1.54) is 5.56 Å². The number of hydrogen-bond donors (Lipinski definition) is 2. The Labute approximate surface area is 159 Å². The van der Waals surface area contributed by atoms with Gasteiger partial charge in [-0.1, -0.05) is 6.07 Å². The zero-order chi connectivity index (χ0) is 19.4. The van der Waals surface area contributed by atoms with Crippen LogP contribution in [0.15, 0.2) is 35.7 Å². The number of rotatable bonds is 5. The highest BCUT2D eigenvalue weighted by molar-refractivity contribution is 5.79. The van der Waals surface area contributed by atoms with Crippen molar-refractivity contribution in [3.05, 3.63) is 59.1 Å². The first-order valence-corrected chi connectivity index (χ1v) is 8.89. The van der Waals surface area contributed by atoms with E-state index in [0.717, 1.165) is 34.6 Å². The van der Waals surface area contributed by atoms with Crippen LogP contribution in [-0.4, -0.2) is 37.3 Å². The molecule has 8 nitrogen and oxygen atoms in total. The number of hydrogen-bond acceptors (Lipinski definition) is 4. The van der Waals surface area contributed by atoms with E-state index in [1.807, 2.05) is 42.4 Å². The van der Waals surface area contributed by atoms with Crippen LogP contribution in [-0.2, 0) is 20.1 Å². The lowest BCUT2D eigenvalue weighted by Gasteiger charge is -2.14. The molecular formula is C19H26N8. The van der Waals surface area contributed by atoms with E-state index in [2.05, 4.69) is 43.7 Å². The second-order valence-electron chi connectivity index (χ2n) is 6.38. The summed E-state index contributed by atoms with van der Waals surface area (Å²) in [6.07, 6.45) is 5.49. The summed E-state index contributed by atoms with van der Waals surface area (Å²) in [5.74, 6) is 2.50. The molecule has 0 fully saturated rings. The van der Waals surface area contributed by atoms with Gasteiger partial charge in [0.2, 0.25) is 0 Å². The summed E-state index contributed by atoms with van der Waals surface area (Å²) in [6, 6.07) is 3.99. The van der Waals surface area contributed by atoms with Crippen molar-refractivity contribution < 1.29 is 0 Å². The molecule has 2 N–H and O–H groups in total. The lowest BCUT2D eigenvalue weighted by molar-refractivity contribution is 0.728. The first-order chi connectivity index (χ1) is 13.0. The average Bonchev–Trinajstić information content (AvgIpc) is 3.19. The number of guanidine groups is 1. The number of nitrogens with one attached hydrogen (secondary N) is 2. The van der Waals surface area contributed by atoms with Crippen LogP contribution in [0.2, 0.25) is 0 Å². The SMILES string of the molecule is CN=C(NCc1cccnc1-n1ccnc1C)NCc1c(C)nn(C)c1C. The third-order valence-electron chi connectivity index (χ3n) is 4.68. The summed E-state index contributed by atoms with van der Waals surface area (Å²) in [4.78, 5) is 13.1. The van der Waals surface area contributed by atoms with Gasteiger partial charge in [-0.25, -0.2) is 9.97 Å². The van der Waals surface area contributed by atoms with Gasteiger partial charge < -0.3 is 10.6 Å². The quantitative estimate of drug-likeness (QED) is 0.531. The molecule has 0 atom stereocenters. The molecule has 0 radical (unpaired) electrons. The van der Waals surface area contributed by atoms with E-state index in [9.17, 15) is 0 Å². The van der Waals surface area contributed by atoms with Crippen molar-refractivity contribution in [2.45, 2.75) is 33.9 Å². The van der Waals surface area contributed by atoms with Crippen molar-refractivity contribution in [3.8, 4) is 5.82 Å². The zero-order valence-electron chi connectivity index (χ0n) is 16.5. The Morgan fingerprint density at radius 1 is 1.11 bits per heavy atom. The third kappa shape index (κ3) is 3.99. The van der Waals surface area contributed by atoms with Gasteiger partial charge in [0.25, 0.3) is 0 Å². The predicted octanol–water partition coefficient (Wildman–Crippen LogP) is 1.79. The molecule has 8 heteroatoms. The maximum Gasteiger partial charge on any atom is 0.191 e. The first kappa shape index (κ1) is 18.6. The van der Waals surface area contributed by atoms with Crippen LogP contribution >= 0.6 is 0 Å². The van der Waals surface area contributed by atoms with Gasteiger partial charge in [-0.2, -0.15) is 5.10 Å². The highest BCUT2D eigenvalue weighted by atomic mass is 15.3. The molecule has 3 rings (SSSR count). The standard InChI is InChI=1S/C19H26N8/c1-13-17(14(2)26(5)25-13)12-24-19(20-4)23-11-16-7-6-8-22-18(16)27-10-9-21-15(27)3/h6-10H,11-12H2,1-5H3,(H2,20,23,24). The fourth-order valence-electron chi connectivity index (χ4n) is 3.03. The molecule has 3 heterocycles. The molecule has 0 saturated carbocycles. The second-order valence-corrected chi connectivity index (χ2v) is 6.38. The molecule has 0 amide bonds. The smallest absolute Gasteiger partial charge is 0.191 e. The fraction of sp³-hybridized carbons (Fsp3) is 0.368. The minimum absolute atomic E-state index is 0.603. The largest absolute Gasteiger partial charge is 0.352 e. The number of aryl methyl sites for hydroxylation is 3. The topological polar surface area (TPSA) is 84.9 Å². The van der Waals surface area contributed by atoms with Gasteiger partial charge in [-0.05, 0) is 26.8 Å². The molecular weight excluding hydrogens is 340 g/mol. The van der Waals surface area contributed by atoms with Crippen LogP contribution in [0.5, 0.6) is 0 Å². The number of aliphatic imine (C=N–C) groups is 1. The van der Waals surface area contributed by atoms with Crippen molar-refractivity contribution in [1.82, 2.24) is 34.9 Å². The van der Waals surface area contributed by atoms with E-state index >= 15 is 0 Å². The molecule has 0 bridgehead atoms. The lowest BCUT2D eigenvalue weighted by Crippen LogP contribution is -2.36. The molecule has 3 aromatic rings. The third-order valence-corrected chi connectivity index (χ3v) is 4.68. The molecule has 0 spiro atoms. The minimum Gasteiger partial charge on any atom is -0.352 e.